The molecule has 1 saturated heterocycles. The van der Waals surface area contributed by atoms with Crippen LogP contribution in [-0.2, 0) is 14.3 Å². The minimum Gasteiger partial charge on any atom is -0.507 e. The number of halogens is 1. The van der Waals surface area contributed by atoms with Crippen LogP contribution in [0.3, 0.4) is 0 Å². The van der Waals surface area contributed by atoms with Gasteiger partial charge in [0.2, 0.25) is 0 Å². The number of methoxy groups -OCH3 is 1. The summed E-state index contributed by atoms with van der Waals surface area (Å²) in [7, 11) is 1.51. The molecule has 1 fully saturated rings. The normalized spacial score (nSPS) is 17.8. The smallest absolute Gasteiger partial charge is 0.295 e. The van der Waals surface area contributed by atoms with E-state index >= 15 is 0 Å². The number of unbranched alkanes of at least 4 members (excludes halogenated alkanes) is 1. The number of hydrogen-bond acceptors (Lipinski definition) is 5. The maximum atomic E-state index is 13.7. The molecule has 2 aromatic carbocycles. The topological polar surface area (TPSA) is 76.1 Å². The van der Waals surface area contributed by atoms with Crippen LogP contribution in [0.1, 0.15) is 42.5 Å². The number of ketones is 1. The number of amides is 1. The molecule has 7 heteroatoms. The lowest BCUT2D eigenvalue weighted by Crippen LogP contribution is -2.32. The predicted octanol–water partition coefficient (Wildman–Crippen LogP) is 4.38. The van der Waals surface area contributed by atoms with Gasteiger partial charge in [-0.2, -0.15) is 0 Å². The average Bonchev–Trinajstić information content (AvgIpc) is 3.04. The SMILES string of the molecule is CCCCOc1ccc(C2/C(=C(/O)c3ccc(F)c(C)c3)C(=O)C(=O)N2CCOC)cc1. The Morgan fingerprint density at radius 3 is 2.47 bits per heavy atom. The van der Waals surface area contributed by atoms with Crippen molar-refractivity contribution in [3.8, 4) is 5.75 Å². The molecular formula is C25H28FNO5. The van der Waals surface area contributed by atoms with Crippen LogP contribution in [0, 0.1) is 12.7 Å². The summed E-state index contributed by atoms with van der Waals surface area (Å²) in [5.41, 5.74) is 1.23. The van der Waals surface area contributed by atoms with E-state index in [-0.39, 0.29) is 30.0 Å². The number of aliphatic hydroxyl groups excluding tert-OH is 1. The largest absolute Gasteiger partial charge is 0.507 e. The molecule has 0 radical (unpaired) electrons. The van der Waals surface area contributed by atoms with Crippen molar-refractivity contribution in [1.82, 2.24) is 4.90 Å². The summed E-state index contributed by atoms with van der Waals surface area (Å²) >= 11 is 0. The van der Waals surface area contributed by atoms with E-state index in [9.17, 15) is 19.1 Å². The maximum Gasteiger partial charge on any atom is 0.295 e. The van der Waals surface area contributed by atoms with E-state index in [1.165, 1.54) is 30.2 Å². The number of carbonyl (C=O) groups excluding carboxylic acids is 2. The van der Waals surface area contributed by atoms with Crippen LogP contribution in [0.4, 0.5) is 4.39 Å². The molecule has 1 aliphatic rings. The van der Waals surface area contributed by atoms with E-state index in [2.05, 4.69) is 6.92 Å². The highest BCUT2D eigenvalue weighted by atomic mass is 19.1. The lowest BCUT2D eigenvalue weighted by Gasteiger charge is -2.25. The van der Waals surface area contributed by atoms with Crippen molar-refractivity contribution in [2.45, 2.75) is 32.7 Å². The van der Waals surface area contributed by atoms with Gasteiger partial charge in [-0.15, -0.1) is 0 Å². The molecule has 0 aliphatic carbocycles. The molecule has 0 bridgehead atoms. The molecule has 32 heavy (non-hydrogen) atoms. The molecule has 2 aromatic rings. The molecule has 1 unspecified atom stereocenters. The van der Waals surface area contributed by atoms with Gasteiger partial charge in [-0.1, -0.05) is 25.5 Å². The number of aryl methyl sites for hydroxylation is 1. The fourth-order valence-corrected chi connectivity index (χ4v) is 3.68. The van der Waals surface area contributed by atoms with Gasteiger partial charge in [-0.05, 0) is 54.8 Å². The Hall–Kier alpha value is -3.19. The number of rotatable bonds is 9. The van der Waals surface area contributed by atoms with Crippen LogP contribution < -0.4 is 4.74 Å². The number of Topliss-reactive ketones (excluding diaryl/α,β-unsaturated/α-hetero) is 1. The third kappa shape index (κ3) is 4.83. The molecule has 170 valence electrons. The van der Waals surface area contributed by atoms with Crippen molar-refractivity contribution in [2.24, 2.45) is 0 Å². The van der Waals surface area contributed by atoms with Gasteiger partial charge >= 0.3 is 0 Å². The van der Waals surface area contributed by atoms with Gasteiger partial charge in [-0.25, -0.2) is 4.39 Å². The van der Waals surface area contributed by atoms with Crippen molar-refractivity contribution in [3.63, 3.8) is 0 Å². The van der Waals surface area contributed by atoms with Crippen LogP contribution >= 0.6 is 0 Å². The quantitative estimate of drug-likeness (QED) is 0.271. The van der Waals surface area contributed by atoms with Gasteiger partial charge < -0.3 is 19.5 Å². The Kier molecular flexibility index (Phi) is 7.64. The van der Waals surface area contributed by atoms with Crippen molar-refractivity contribution in [2.75, 3.05) is 26.9 Å². The highest BCUT2D eigenvalue weighted by Gasteiger charge is 2.45. The van der Waals surface area contributed by atoms with E-state index < -0.39 is 23.5 Å². The van der Waals surface area contributed by atoms with Crippen molar-refractivity contribution < 1.29 is 28.6 Å². The number of ether oxygens (including phenoxy) is 2. The molecule has 1 N–H and O–H groups in total. The van der Waals surface area contributed by atoms with Crippen molar-refractivity contribution in [1.29, 1.82) is 0 Å². The van der Waals surface area contributed by atoms with E-state index in [4.69, 9.17) is 9.47 Å². The van der Waals surface area contributed by atoms with Crippen molar-refractivity contribution >= 4 is 17.4 Å². The molecule has 0 spiro atoms. The first kappa shape index (κ1) is 23.5. The summed E-state index contributed by atoms with van der Waals surface area (Å²) in [5, 5.41) is 11.0. The zero-order valence-corrected chi connectivity index (χ0v) is 18.6. The monoisotopic (exact) mass is 441 g/mol. The Balaban J connectivity index is 2.04. The molecule has 0 aromatic heterocycles. The van der Waals surface area contributed by atoms with E-state index in [0.717, 1.165) is 12.8 Å². The zero-order valence-electron chi connectivity index (χ0n) is 18.6. The molecule has 1 heterocycles. The van der Waals surface area contributed by atoms with Crippen LogP contribution in [-0.4, -0.2) is 48.6 Å². The van der Waals surface area contributed by atoms with Gasteiger partial charge in [0.25, 0.3) is 11.7 Å². The zero-order chi connectivity index (χ0) is 23.3. The molecular weight excluding hydrogens is 413 g/mol. The molecule has 1 aliphatic heterocycles. The summed E-state index contributed by atoms with van der Waals surface area (Å²) in [6.07, 6.45) is 1.96. The molecule has 6 nitrogen and oxygen atoms in total. The molecule has 1 amide bonds. The second-order valence-corrected chi connectivity index (χ2v) is 7.72. The number of likely N-dealkylation sites (tertiary alicyclic amines) is 1. The fourth-order valence-electron chi connectivity index (χ4n) is 3.68. The minimum absolute atomic E-state index is 0.0308. The highest BCUT2D eigenvalue weighted by Crippen LogP contribution is 2.39. The minimum atomic E-state index is -0.791. The van der Waals surface area contributed by atoms with E-state index in [0.29, 0.717) is 23.5 Å². The maximum absolute atomic E-state index is 13.7. The van der Waals surface area contributed by atoms with Gasteiger partial charge in [0, 0.05) is 19.2 Å². The lowest BCUT2D eigenvalue weighted by atomic mass is 9.94. The second-order valence-electron chi connectivity index (χ2n) is 7.72. The Morgan fingerprint density at radius 1 is 1.12 bits per heavy atom. The Labute approximate surface area is 187 Å². The summed E-state index contributed by atoms with van der Waals surface area (Å²) in [6, 6.07) is 10.4. The highest BCUT2D eigenvalue weighted by molar-refractivity contribution is 6.46. The number of carbonyl (C=O) groups is 2. The summed E-state index contributed by atoms with van der Waals surface area (Å²) in [4.78, 5) is 27.1. The number of hydrogen-bond donors (Lipinski definition) is 1. The van der Waals surface area contributed by atoms with Gasteiger partial charge in [0.05, 0.1) is 24.8 Å². The fraction of sp³-hybridized carbons (Fsp3) is 0.360. The molecule has 3 rings (SSSR count). The summed E-state index contributed by atoms with van der Waals surface area (Å²) in [5.74, 6) is -1.56. The Bertz CT molecular complexity index is 1020. The first-order valence-electron chi connectivity index (χ1n) is 10.7. The van der Waals surface area contributed by atoms with E-state index in [1.54, 1.807) is 31.2 Å². The van der Waals surface area contributed by atoms with Crippen LogP contribution in [0.2, 0.25) is 0 Å². The van der Waals surface area contributed by atoms with Crippen LogP contribution in [0.15, 0.2) is 48.0 Å². The standard InChI is InChI=1S/C25H28FNO5/c1-4-5-13-32-19-9-6-17(7-10-19)22-21(24(29)25(30)27(22)12-14-31-3)23(28)18-8-11-20(26)16(2)15-18/h6-11,15,22,28H,4-5,12-14H2,1-3H3/b23-21-. The number of aliphatic hydroxyl groups is 1. The first-order chi connectivity index (χ1) is 15.4. The van der Waals surface area contributed by atoms with E-state index in [1.807, 2.05) is 0 Å². The van der Waals surface area contributed by atoms with Crippen molar-refractivity contribution in [3.05, 3.63) is 70.5 Å². The molecule has 0 saturated carbocycles. The van der Waals surface area contributed by atoms with Crippen LogP contribution in [0.5, 0.6) is 5.75 Å². The third-order valence-corrected chi connectivity index (χ3v) is 5.47. The lowest BCUT2D eigenvalue weighted by molar-refractivity contribution is -0.140. The second kappa shape index (κ2) is 10.4. The van der Waals surface area contributed by atoms with Gasteiger partial charge in [0.1, 0.15) is 17.3 Å². The summed E-state index contributed by atoms with van der Waals surface area (Å²) in [6.45, 7) is 4.67. The van der Waals surface area contributed by atoms with Gasteiger partial charge in [0.15, 0.2) is 0 Å². The van der Waals surface area contributed by atoms with Gasteiger partial charge in [-0.3, -0.25) is 9.59 Å². The predicted molar refractivity (Wildman–Crippen MR) is 119 cm³/mol. The van der Waals surface area contributed by atoms with Crippen LogP contribution in [0.25, 0.3) is 5.76 Å². The average molecular weight is 441 g/mol. The number of benzene rings is 2. The first-order valence-corrected chi connectivity index (χ1v) is 10.7. The summed E-state index contributed by atoms with van der Waals surface area (Å²) < 4.78 is 24.5. The third-order valence-electron chi connectivity index (χ3n) is 5.47. The Morgan fingerprint density at radius 2 is 1.84 bits per heavy atom. The molecule has 1 atom stereocenters. The number of nitrogens with zero attached hydrogens (tertiary/aromatic N) is 1.